The fourth-order valence-electron chi connectivity index (χ4n) is 8.23. The summed E-state index contributed by atoms with van der Waals surface area (Å²) in [5.74, 6) is -3.29. The molecule has 0 amide bonds. The highest BCUT2D eigenvalue weighted by atomic mass is 16.7. The summed E-state index contributed by atoms with van der Waals surface area (Å²) in [5.41, 5.74) is -1.56. The average molecular weight is 421 g/mol. The Kier molecular flexibility index (Phi) is 4.00. The molecule has 5 fully saturated rings. The van der Waals surface area contributed by atoms with Crippen molar-refractivity contribution >= 4 is 11.9 Å². The maximum atomic E-state index is 12.3. The van der Waals surface area contributed by atoms with E-state index in [4.69, 9.17) is 14.2 Å². The van der Waals surface area contributed by atoms with Gasteiger partial charge in [0.05, 0.1) is 11.5 Å². The second-order valence-corrected chi connectivity index (χ2v) is 10.8. The van der Waals surface area contributed by atoms with E-state index in [1.807, 2.05) is 0 Å². The van der Waals surface area contributed by atoms with E-state index in [0.717, 1.165) is 24.8 Å². The Bertz CT molecular complexity index is 835. The minimum Gasteiger partial charge on any atom is -0.457 e. The zero-order chi connectivity index (χ0) is 21.9. The molecule has 4 bridgehead atoms. The molecule has 0 aromatic rings. The number of hydrogen-bond acceptors (Lipinski definition) is 7. The van der Waals surface area contributed by atoms with E-state index >= 15 is 0 Å². The van der Waals surface area contributed by atoms with Gasteiger partial charge in [-0.2, -0.15) is 0 Å². The lowest BCUT2D eigenvalue weighted by Gasteiger charge is -2.60. The Labute approximate surface area is 176 Å². The first-order valence-corrected chi connectivity index (χ1v) is 11.1. The van der Waals surface area contributed by atoms with Crippen LogP contribution in [0.2, 0.25) is 0 Å². The molecule has 7 heteroatoms. The molecule has 3 saturated carbocycles. The molecule has 166 valence electrons. The highest BCUT2D eigenvalue weighted by Crippen LogP contribution is 2.79. The number of ether oxygens (including phenoxy) is 3. The molecule has 2 N–H and O–H groups in total. The molecule has 2 saturated heterocycles. The molecular weight excluding hydrogens is 388 g/mol. The van der Waals surface area contributed by atoms with Gasteiger partial charge in [0.15, 0.2) is 6.10 Å². The average Bonchev–Trinajstić information content (AvgIpc) is 3.13. The molecule has 3 aliphatic carbocycles. The summed E-state index contributed by atoms with van der Waals surface area (Å²) in [7, 11) is 0. The Morgan fingerprint density at radius 3 is 2.43 bits per heavy atom. The monoisotopic (exact) mass is 420 g/mol. The number of carbonyl (C=O) groups is 2. The minimum atomic E-state index is -1.85. The van der Waals surface area contributed by atoms with Crippen LogP contribution in [-0.4, -0.2) is 51.9 Å². The van der Waals surface area contributed by atoms with Crippen LogP contribution in [0.25, 0.3) is 0 Å². The molecular formula is C23H32O7. The third kappa shape index (κ3) is 2.07. The number of esters is 2. The first-order chi connectivity index (χ1) is 13.9. The van der Waals surface area contributed by atoms with Gasteiger partial charge in [0.1, 0.15) is 11.7 Å². The number of carbonyl (C=O) groups excluding carboxylic acids is 2. The fraction of sp³-hybridized carbons (Fsp3) is 0.826. The van der Waals surface area contributed by atoms with Crippen molar-refractivity contribution in [3.8, 4) is 0 Å². The van der Waals surface area contributed by atoms with Crippen LogP contribution >= 0.6 is 0 Å². The van der Waals surface area contributed by atoms with Gasteiger partial charge in [-0.1, -0.05) is 20.4 Å². The number of aliphatic hydroxyl groups is 2. The Morgan fingerprint density at radius 1 is 1.13 bits per heavy atom. The summed E-state index contributed by atoms with van der Waals surface area (Å²) in [4.78, 5) is 24.1. The minimum absolute atomic E-state index is 0.0964. The second kappa shape index (κ2) is 5.87. The first-order valence-electron chi connectivity index (χ1n) is 11.1. The Morgan fingerprint density at radius 2 is 1.80 bits per heavy atom. The standard InChI is InChI=1S/C23H32O7/c1-11-14-6-7-15-21(10-14,18(11)28-12(2)24)23(27)19(29-13(3)25)17-20(4,5)9-8-16(26)22(15,17)30-23/h14-19,26-27H,1,6-10H2,2-5H3/t14-,15-,16-,17-,18-,19+,21+,22+,23-/m1/s1. The van der Waals surface area contributed by atoms with Crippen molar-refractivity contribution in [2.45, 2.75) is 89.5 Å². The quantitative estimate of drug-likeness (QED) is 0.521. The van der Waals surface area contributed by atoms with Crippen molar-refractivity contribution in [3.05, 3.63) is 12.2 Å². The van der Waals surface area contributed by atoms with Gasteiger partial charge in [-0.05, 0) is 49.0 Å². The SMILES string of the molecule is C=C1[C@@H]2CC[C@H]3[C@@]45O[C@](O)([C@@H](OC(C)=O)[C@@H]4C(C)(C)CC[C@H]5O)[C@]3(C2)[C@@H]1OC(C)=O. The van der Waals surface area contributed by atoms with Gasteiger partial charge in [-0.25, -0.2) is 0 Å². The predicted molar refractivity (Wildman–Crippen MR) is 105 cm³/mol. The number of aliphatic hydroxyl groups excluding tert-OH is 1. The van der Waals surface area contributed by atoms with E-state index in [0.29, 0.717) is 12.8 Å². The van der Waals surface area contributed by atoms with Gasteiger partial charge in [0.25, 0.3) is 0 Å². The summed E-state index contributed by atoms with van der Waals surface area (Å²) in [6.45, 7) is 11.1. The van der Waals surface area contributed by atoms with Crippen LogP contribution in [0.5, 0.6) is 0 Å². The molecule has 2 aliphatic heterocycles. The van der Waals surface area contributed by atoms with Crippen LogP contribution in [0.4, 0.5) is 0 Å². The topological polar surface area (TPSA) is 102 Å². The van der Waals surface area contributed by atoms with Crippen LogP contribution in [-0.2, 0) is 23.8 Å². The van der Waals surface area contributed by atoms with E-state index in [-0.39, 0.29) is 23.2 Å². The summed E-state index contributed by atoms with van der Waals surface area (Å²) in [6.07, 6.45) is 0.941. The van der Waals surface area contributed by atoms with Crippen LogP contribution in [0.1, 0.15) is 59.8 Å². The summed E-state index contributed by atoms with van der Waals surface area (Å²) >= 11 is 0. The van der Waals surface area contributed by atoms with Gasteiger partial charge in [0, 0.05) is 25.7 Å². The van der Waals surface area contributed by atoms with E-state index in [1.165, 1.54) is 13.8 Å². The van der Waals surface area contributed by atoms with Crippen LogP contribution in [0, 0.1) is 28.6 Å². The second-order valence-electron chi connectivity index (χ2n) is 10.8. The molecule has 0 aromatic carbocycles. The van der Waals surface area contributed by atoms with Crippen molar-refractivity contribution < 1.29 is 34.0 Å². The number of fused-ring (bicyclic) bond motifs is 2. The summed E-state index contributed by atoms with van der Waals surface area (Å²) in [6, 6.07) is 0. The molecule has 7 nitrogen and oxygen atoms in total. The normalized spacial score (nSPS) is 52.5. The smallest absolute Gasteiger partial charge is 0.303 e. The van der Waals surface area contributed by atoms with E-state index in [2.05, 4.69) is 20.4 Å². The molecule has 0 aromatic heterocycles. The summed E-state index contributed by atoms with van der Waals surface area (Å²) in [5, 5.41) is 23.6. The zero-order valence-corrected chi connectivity index (χ0v) is 18.1. The van der Waals surface area contributed by atoms with Crippen molar-refractivity contribution in [2.75, 3.05) is 0 Å². The lowest BCUT2D eigenvalue weighted by Crippen LogP contribution is -2.71. The van der Waals surface area contributed by atoms with Gasteiger partial charge < -0.3 is 24.4 Å². The van der Waals surface area contributed by atoms with E-state index in [9.17, 15) is 19.8 Å². The van der Waals surface area contributed by atoms with Gasteiger partial charge in [-0.15, -0.1) is 0 Å². The molecule has 5 rings (SSSR count). The third-order valence-electron chi connectivity index (χ3n) is 9.06. The number of rotatable bonds is 2. The first kappa shape index (κ1) is 20.5. The van der Waals surface area contributed by atoms with Crippen LogP contribution in [0.15, 0.2) is 12.2 Å². The number of hydrogen-bond donors (Lipinski definition) is 2. The third-order valence-corrected chi connectivity index (χ3v) is 9.06. The Balaban J connectivity index is 1.75. The van der Waals surface area contributed by atoms with E-state index in [1.54, 1.807) is 0 Å². The lowest BCUT2D eigenvalue weighted by atomic mass is 9.44. The zero-order valence-electron chi connectivity index (χ0n) is 18.1. The van der Waals surface area contributed by atoms with Crippen molar-refractivity contribution in [3.63, 3.8) is 0 Å². The molecule has 0 radical (unpaired) electrons. The van der Waals surface area contributed by atoms with Crippen molar-refractivity contribution in [1.29, 1.82) is 0 Å². The predicted octanol–water partition coefficient (Wildman–Crippen LogP) is 2.09. The molecule has 5 aliphatic rings. The van der Waals surface area contributed by atoms with Crippen molar-refractivity contribution in [1.82, 2.24) is 0 Å². The van der Waals surface area contributed by atoms with Crippen LogP contribution < -0.4 is 0 Å². The van der Waals surface area contributed by atoms with Gasteiger partial charge >= 0.3 is 11.9 Å². The molecule has 30 heavy (non-hydrogen) atoms. The molecule has 2 spiro atoms. The largest absolute Gasteiger partial charge is 0.457 e. The highest BCUT2D eigenvalue weighted by molar-refractivity contribution is 5.67. The van der Waals surface area contributed by atoms with E-state index < -0.39 is 47.1 Å². The highest BCUT2D eigenvalue weighted by Gasteiger charge is 2.90. The lowest BCUT2D eigenvalue weighted by molar-refractivity contribution is -0.287. The van der Waals surface area contributed by atoms with Crippen molar-refractivity contribution in [2.24, 2.45) is 28.6 Å². The Hall–Kier alpha value is -1.44. The van der Waals surface area contributed by atoms with Crippen LogP contribution in [0.3, 0.4) is 0 Å². The maximum Gasteiger partial charge on any atom is 0.303 e. The molecule has 9 atom stereocenters. The van der Waals surface area contributed by atoms with Gasteiger partial charge in [0.2, 0.25) is 5.79 Å². The molecule has 2 heterocycles. The van der Waals surface area contributed by atoms with Gasteiger partial charge in [-0.3, -0.25) is 9.59 Å². The summed E-state index contributed by atoms with van der Waals surface area (Å²) < 4.78 is 18.1. The maximum absolute atomic E-state index is 12.3. The molecule has 0 unspecified atom stereocenters. The fourth-order valence-corrected chi connectivity index (χ4v) is 8.23.